The zero-order valence-corrected chi connectivity index (χ0v) is 14.9. The number of benzene rings is 1. The summed E-state index contributed by atoms with van der Waals surface area (Å²) < 4.78 is 10.5. The van der Waals surface area contributed by atoms with Gasteiger partial charge >= 0.3 is 0 Å². The van der Waals surface area contributed by atoms with Crippen LogP contribution in [0.3, 0.4) is 0 Å². The first-order valence-electron chi connectivity index (χ1n) is 8.62. The van der Waals surface area contributed by atoms with Crippen molar-refractivity contribution in [2.24, 2.45) is 0 Å². The number of hydrogen-bond donors (Lipinski definition) is 1. The Morgan fingerprint density at radius 2 is 2.27 bits per heavy atom. The fourth-order valence-corrected chi connectivity index (χ4v) is 2.84. The number of ether oxygens (including phenoxy) is 1. The van der Waals surface area contributed by atoms with Gasteiger partial charge in [-0.3, -0.25) is 9.59 Å². The van der Waals surface area contributed by atoms with Gasteiger partial charge in [0.25, 0.3) is 0 Å². The van der Waals surface area contributed by atoms with E-state index in [4.69, 9.17) is 9.26 Å². The van der Waals surface area contributed by atoms with Crippen molar-refractivity contribution in [2.75, 3.05) is 20.2 Å². The standard InChI is InChI=1S/C18H22N4O4/c1-12(19-15(23)11-22-9-4-3-8-16(22)24)18-20-17(21-26-18)13-6-5-7-14(10-13)25-2/h5-7,10,12H,3-4,8-9,11H2,1-2H3,(H,19,23). The maximum Gasteiger partial charge on any atom is 0.249 e. The van der Waals surface area contributed by atoms with Crippen molar-refractivity contribution >= 4 is 11.8 Å². The highest BCUT2D eigenvalue weighted by Gasteiger charge is 2.23. The van der Waals surface area contributed by atoms with Crippen LogP contribution >= 0.6 is 0 Å². The largest absolute Gasteiger partial charge is 0.497 e. The minimum atomic E-state index is -0.450. The first-order valence-corrected chi connectivity index (χ1v) is 8.62. The highest BCUT2D eigenvalue weighted by molar-refractivity contribution is 5.85. The molecule has 1 aliphatic rings. The third-order valence-corrected chi connectivity index (χ3v) is 4.27. The predicted octanol–water partition coefficient (Wildman–Crippen LogP) is 1.93. The SMILES string of the molecule is COc1cccc(-c2noc(C(C)NC(=O)CN3CCCCC3=O)n2)c1. The van der Waals surface area contributed by atoms with E-state index < -0.39 is 6.04 Å². The van der Waals surface area contributed by atoms with Crippen molar-refractivity contribution in [3.8, 4) is 17.1 Å². The van der Waals surface area contributed by atoms with E-state index in [1.807, 2.05) is 18.2 Å². The molecule has 1 aromatic carbocycles. The lowest BCUT2D eigenvalue weighted by Crippen LogP contribution is -2.43. The van der Waals surface area contributed by atoms with Gasteiger partial charge in [0.05, 0.1) is 13.7 Å². The van der Waals surface area contributed by atoms with E-state index in [1.54, 1.807) is 25.0 Å². The highest BCUT2D eigenvalue weighted by Crippen LogP contribution is 2.22. The molecule has 1 aliphatic heterocycles. The van der Waals surface area contributed by atoms with Gasteiger partial charge in [-0.05, 0) is 31.9 Å². The number of amides is 2. The van der Waals surface area contributed by atoms with Crippen LogP contribution in [0.2, 0.25) is 0 Å². The van der Waals surface area contributed by atoms with Crippen molar-refractivity contribution in [3.63, 3.8) is 0 Å². The van der Waals surface area contributed by atoms with E-state index in [1.165, 1.54) is 0 Å². The summed E-state index contributed by atoms with van der Waals surface area (Å²) in [5.41, 5.74) is 0.761. The molecule has 1 atom stereocenters. The lowest BCUT2D eigenvalue weighted by molar-refractivity contribution is -0.138. The molecule has 1 unspecified atom stereocenters. The van der Waals surface area contributed by atoms with E-state index in [0.29, 0.717) is 30.4 Å². The molecule has 2 aromatic rings. The molecule has 1 N–H and O–H groups in total. The summed E-state index contributed by atoms with van der Waals surface area (Å²) in [5, 5.41) is 6.76. The van der Waals surface area contributed by atoms with Crippen molar-refractivity contribution in [1.29, 1.82) is 0 Å². The summed E-state index contributed by atoms with van der Waals surface area (Å²) in [6.07, 6.45) is 2.33. The first kappa shape index (κ1) is 17.9. The molecule has 8 heteroatoms. The Labute approximate surface area is 151 Å². The lowest BCUT2D eigenvalue weighted by atomic mass is 10.1. The van der Waals surface area contributed by atoms with Gasteiger partial charge < -0.3 is 19.5 Å². The van der Waals surface area contributed by atoms with Crippen molar-refractivity contribution in [3.05, 3.63) is 30.2 Å². The van der Waals surface area contributed by atoms with Gasteiger partial charge in [0.1, 0.15) is 11.8 Å². The molecule has 0 saturated carbocycles. The third kappa shape index (κ3) is 4.19. The number of carbonyl (C=O) groups is 2. The monoisotopic (exact) mass is 358 g/mol. The van der Waals surface area contributed by atoms with E-state index in [9.17, 15) is 9.59 Å². The Kier molecular flexibility index (Phi) is 5.50. The molecule has 138 valence electrons. The minimum Gasteiger partial charge on any atom is -0.497 e. The molecule has 0 radical (unpaired) electrons. The van der Waals surface area contributed by atoms with Crippen molar-refractivity contribution in [1.82, 2.24) is 20.4 Å². The molecule has 8 nitrogen and oxygen atoms in total. The van der Waals surface area contributed by atoms with Crippen LogP contribution in [-0.2, 0) is 9.59 Å². The maximum absolute atomic E-state index is 12.2. The molecule has 3 rings (SSSR count). The Morgan fingerprint density at radius 1 is 1.42 bits per heavy atom. The van der Waals surface area contributed by atoms with Crippen molar-refractivity contribution in [2.45, 2.75) is 32.2 Å². The first-order chi connectivity index (χ1) is 12.6. The predicted molar refractivity (Wildman–Crippen MR) is 93.3 cm³/mol. The van der Waals surface area contributed by atoms with E-state index in [2.05, 4.69) is 15.5 Å². The second-order valence-corrected chi connectivity index (χ2v) is 6.25. The lowest BCUT2D eigenvalue weighted by Gasteiger charge is -2.26. The van der Waals surface area contributed by atoms with Crippen LogP contribution in [0.5, 0.6) is 5.75 Å². The number of piperidine rings is 1. The Hall–Kier alpha value is -2.90. The molecule has 1 saturated heterocycles. The molecule has 26 heavy (non-hydrogen) atoms. The molecule has 1 fully saturated rings. The summed E-state index contributed by atoms with van der Waals surface area (Å²) in [6.45, 7) is 2.44. The van der Waals surface area contributed by atoms with Gasteiger partial charge in [-0.25, -0.2) is 0 Å². The summed E-state index contributed by atoms with van der Waals surface area (Å²) in [6, 6.07) is 6.87. The second kappa shape index (κ2) is 7.99. The Balaban J connectivity index is 1.61. The summed E-state index contributed by atoms with van der Waals surface area (Å²) in [7, 11) is 1.59. The number of methoxy groups -OCH3 is 1. The van der Waals surface area contributed by atoms with Crippen LogP contribution in [0.4, 0.5) is 0 Å². The Morgan fingerprint density at radius 3 is 3.04 bits per heavy atom. The van der Waals surface area contributed by atoms with Crippen LogP contribution in [0.1, 0.15) is 38.1 Å². The average molecular weight is 358 g/mol. The number of nitrogens with zero attached hydrogens (tertiary/aromatic N) is 3. The number of nitrogens with one attached hydrogen (secondary N) is 1. The topological polar surface area (TPSA) is 97.6 Å². The van der Waals surface area contributed by atoms with Crippen molar-refractivity contribution < 1.29 is 18.8 Å². The van der Waals surface area contributed by atoms with Crippen LogP contribution in [0.25, 0.3) is 11.4 Å². The zero-order chi connectivity index (χ0) is 18.5. The smallest absolute Gasteiger partial charge is 0.249 e. The van der Waals surface area contributed by atoms with Gasteiger partial charge in [0.2, 0.25) is 23.5 Å². The van der Waals surface area contributed by atoms with Crippen LogP contribution < -0.4 is 10.1 Å². The molecular weight excluding hydrogens is 336 g/mol. The molecular formula is C18H22N4O4. The summed E-state index contributed by atoms with van der Waals surface area (Å²) in [4.78, 5) is 29.9. The zero-order valence-electron chi connectivity index (χ0n) is 14.9. The van der Waals surface area contributed by atoms with Crippen LogP contribution in [0.15, 0.2) is 28.8 Å². The van der Waals surface area contributed by atoms with E-state index >= 15 is 0 Å². The van der Waals surface area contributed by atoms with Crippen LogP contribution in [0, 0.1) is 0 Å². The quantitative estimate of drug-likeness (QED) is 0.847. The Bertz CT molecular complexity index is 789. The number of rotatable bonds is 6. The average Bonchev–Trinajstić information content (AvgIpc) is 3.14. The van der Waals surface area contributed by atoms with Gasteiger partial charge in [-0.2, -0.15) is 4.98 Å². The summed E-state index contributed by atoms with van der Waals surface area (Å²) in [5.74, 6) is 1.21. The number of carbonyl (C=O) groups excluding carboxylic acids is 2. The number of likely N-dealkylation sites (tertiary alicyclic amines) is 1. The number of hydrogen-bond acceptors (Lipinski definition) is 6. The van der Waals surface area contributed by atoms with Gasteiger partial charge in [0.15, 0.2) is 0 Å². The molecule has 0 spiro atoms. The number of aromatic nitrogens is 2. The summed E-state index contributed by atoms with van der Waals surface area (Å²) >= 11 is 0. The highest BCUT2D eigenvalue weighted by atomic mass is 16.5. The van der Waals surface area contributed by atoms with Gasteiger partial charge in [-0.15, -0.1) is 0 Å². The fraction of sp³-hybridized carbons (Fsp3) is 0.444. The third-order valence-electron chi connectivity index (χ3n) is 4.27. The second-order valence-electron chi connectivity index (χ2n) is 6.25. The fourth-order valence-electron chi connectivity index (χ4n) is 2.84. The van der Waals surface area contributed by atoms with Crippen LogP contribution in [-0.4, -0.2) is 47.1 Å². The van der Waals surface area contributed by atoms with E-state index in [0.717, 1.165) is 18.4 Å². The van der Waals surface area contributed by atoms with Gasteiger partial charge in [0, 0.05) is 18.5 Å². The minimum absolute atomic E-state index is 0.0251. The molecule has 2 amide bonds. The normalized spacial score (nSPS) is 15.6. The molecule has 0 aliphatic carbocycles. The molecule has 1 aromatic heterocycles. The van der Waals surface area contributed by atoms with E-state index in [-0.39, 0.29) is 18.4 Å². The maximum atomic E-state index is 12.2. The molecule has 0 bridgehead atoms. The molecule has 2 heterocycles. The van der Waals surface area contributed by atoms with Gasteiger partial charge in [-0.1, -0.05) is 17.3 Å².